The zero-order valence-corrected chi connectivity index (χ0v) is 11.2. The molecule has 0 aromatic heterocycles. The molecule has 5 heteroatoms. The van der Waals surface area contributed by atoms with E-state index in [9.17, 15) is 9.59 Å². The second kappa shape index (κ2) is 4.65. The van der Waals surface area contributed by atoms with Crippen LogP contribution in [0, 0.1) is 0 Å². The number of carbonyl (C=O) groups excluding carboxylic acids is 2. The van der Waals surface area contributed by atoms with Gasteiger partial charge in [0.1, 0.15) is 0 Å². The number of anilines is 1. The van der Waals surface area contributed by atoms with Gasteiger partial charge in [-0.05, 0) is 35.9 Å². The Morgan fingerprint density at radius 1 is 1.00 bits per heavy atom. The number of nitrogens with zero attached hydrogens (tertiary/aromatic N) is 1. The molecule has 0 saturated carbocycles. The largest absolute Gasteiger partial charge is 0.398 e. The summed E-state index contributed by atoms with van der Waals surface area (Å²) in [6.45, 7) is 0.124. The van der Waals surface area contributed by atoms with E-state index in [1.165, 1.54) is 4.90 Å². The summed E-state index contributed by atoms with van der Waals surface area (Å²) in [6.07, 6.45) is 0. The molecule has 0 radical (unpaired) electrons. The van der Waals surface area contributed by atoms with E-state index in [0.29, 0.717) is 27.4 Å². The van der Waals surface area contributed by atoms with Crippen molar-refractivity contribution in [3.8, 4) is 0 Å². The molecule has 0 aliphatic carbocycles. The Labute approximate surface area is 120 Å². The van der Waals surface area contributed by atoms with Gasteiger partial charge in [0, 0.05) is 10.7 Å². The van der Waals surface area contributed by atoms with Crippen LogP contribution >= 0.6 is 11.6 Å². The molecule has 2 amide bonds. The summed E-state index contributed by atoms with van der Waals surface area (Å²) in [6, 6.07) is 11.8. The van der Waals surface area contributed by atoms with E-state index in [4.69, 9.17) is 17.3 Å². The van der Waals surface area contributed by atoms with E-state index in [-0.39, 0.29) is 18.4 Å². The fraction of sp³-hybridized carbons (Fsp3) is 0.0667. The van der Waals surface area contributed by atoms with E-state index < -0.39 is 0 Å². The lowest BCUT2D eigenvalue weighted by atomic mass is 10.1. The number of hydrogen-bond acceptors (Lipinski definition) is 3. The van der Waals surface area contributed by atoms with Crippen LogP contribution in [-0.4, -0.2) is 16.7 Å². The molecule has 0 atom stereocenters. The molecule has 2 N–H and O–H groups in total. The Bertz CT molecular complexity index is 693. The van der Waals surface area contributed by atoms with Crippen molar-refractivity contribution in [2.45, 2.75) is 6.54 Å². The van der Waals surface area contributed by atoms with E-state index in [2.05, 4.69) is 0 Å². The van der Waals surface area contributed by atoms with Crippen molar-refractivity contribution < 1.29 is 9.59 Å². The fourth-order valence-corrected chi connectivity index (χ4v) is 2.46. The van der Waals surface area contributed by atoms with Gasteiger partial charge in [-0.2, -0.15) is 0 Å². The molecular weight excluding hydrogens is 276 g/mol. The van der Waals surface area contributed by atoms with Crippen LogP contribution in [0.3, 0.4) is 0 Å². The van der Waals surface area contributed by atoms with E-state index in [1.807, 2.05) is 0 Å². The number of rotatable bonds is 2. The first-order valence-electron chi connectivity index (χ1n) is 6.07. The third-order valence-corrected chi connectivity index (χ3v) is 3.55. The molecule has 2 aromatic carbocycles. The summed E-state index contributed by atoms with van der Waals surface area (Å²) >= 11 is 5.92. The zero-order chi connectivity index (χ0) is 14.3. The first-order chi connectivity index (χ1) is 9.58. The van der Waals surface area contributed by atoms with Crippen molar-refractivity contribution in [3.63, 3.8) is 0 Å². The molecule has 1 heterocycles. The number of carbonyl (C=O) groups is 2. The van der Waals surface area contributed by atoms with Gasteiger partial charge in [0.25, 0.3) is 11.8 Å². The number of nitrogens with two attached hydrogens (primary N) is 1. The predicted molar refractivity (Wildman–Crippen MR) is 76.5 cm³/mol. The third kappa shape index (κ3) is 1.94. The van der Waals surface area contributed by atoms with Crippen molar-refractivity contribution in [2.24, 2.45) is 0 Å². The highest BCUT2D eigenvalue weighted by molar-refractivity contribution is 6.30. The average molecular weight is 287 g/mol. The summed E-state index contributed by atoms with van der Waals surface area (Å²) in [5, 5.41) is 0.519. The van der Waals surface area contributed by atoms with Gasteiger partial charge in [-0.3, -0.25) is 14.5 Å². The van der Waals surface area contributed by atoms with Crippen molar-refractivity contribution in [1.29, 1.82) is 0 Å². The van der Waals surface area contributed by atoms with E-state index in [0.717, 1.165) is 0 Å². The van der Waals surface area contributed by atoms with Gasteiger partial charge in [-0.15, -0.1) is 0 Å². The third-order valence-electron chi connectivity index (χ3n) is 3.31. The van der Waals surface area contributed by atoms with Crippen molar-refractivity contribution >= 4 is 29.1 Å². The second-order valence-corrected chi connectivity index (χ2v) is 5.02. The van der Waals surface area contributed by atoms with Gasteiger partial charge in [-0.1, -0.05) is 23.7 Å². The molecule has 0 bridgehead atoms. The van der Waals surface area contributed by atoms with Gasteiger partial charge < -0.3 is 5.73 Å². The molecule has 0 fully saturated rings. The number of fused-ring (bicyclic) bond motifs is 1. The maximum atomic E-state index is 12.2. The van der Waals surface area contributed by atoms with Crippen LogP contribution in [0.1, 0.15) is 26.3 Å². The van der Waals surface area contributed by atoms with Crippen LogP contribution in [0.2, 0.25) is 5.02 Å². The SMILES string of the molecule is Nc1ccc(Cl)cc1CN1C(=O)c2ccccc2C1=O. The minimum absolute atomic E-state index is 0.124. The number of imide groups is 1. The lowest BCUT2D eigenvalue weighted by Gasteiger charge is -2.15. The molecule has 4 nitrogen and oxygen atoms in total. The topological polar surface area (TPSA) is 63.4 Å². The van der Waals surface area contributed by atoms with E-state index >= 15 is 0 Å². The summed E-state index contributed by atoms with van der Waals surface area (Å²) in [5.74, 6) is -0.602. The Kier molecular flexibility index (Phi) is 2.95. The van der Waals surface area contributed by atoms with Gasteiger partial charge in [-0.25, -0.2) is 0 Å². The quantitative estimate of drug-likeness (QED) is 0.682. The highest BCUT2D eigenvalue weighted by Gasteiger charge is 2.35. The average Bonchev–Trinajstić information content (AvgIpc) is 2.68. The van der Waals surface area contributed by atoms with E-state index in [1.54, 1.807) is 42.5 Å². The van der Waals surface area contributed by atoms with Crippen molar-refractivity contribution in [1.82, 2.24) is 4.90 Å². The van der Waals surface area contributed by atoms with Gasteiger partial charge >= 0.3 is 0 Å². The molecule has 20 heavy (non-hydrogen) atoms. The summed E-state index contributed by atoms with van der Waals surface area (Å²) in [4.78, 5) is 25.7. The van der Waals surface area contributed by atoms with Gasteiger partial charge in [0.05, 0.1) is 17.7 Å². The molecule has 2 aromatic rings. The summed E-state index contributed by atoms with van der Waals surface area (Å²) < 4.78 is 0. The predicted octanol–water partition coefficient (Wildman–Crippen LogP) is 2.72. The number of amides is 2. The Hall–Kier alpha value is -2.33. The van der Waals surface area contributed by atoms with Crippen LogP contribution in [0.4, 0.5) is 5.69 Å². The minimum Gasteiger partial charge on any atom is -0.398 e. The highest BCUT2D eigenvalue weighted by atomic mass is 35.5. The van der Waals surface area contributed by atoms with Crippen LogP contribution in [-0.2, 0) is 6.54 Å². The molecule has 100 valence electrons. The summed E-state index contributed by atoms with van der Waals surface area (Å²) in [7, 11) is 0. The first kappa shape index (κ1) is 12.7. The van der Waals surface area contributed by atoms with Crippen molar-refractivity contribution in [2.75, 3.05) is 5.73 Å². The van der Waals surface area contributed by atoms with Gasteiger partial charge in [0.2, 0.25) is 0 Å². The maximum Gasteiger partial charge on any atom is 0.261 e. The van der Waals surface area contributed by atoms with Crippen LogP contribution in [0.25, 0.3) is 0 Å². The fourth-order valence-electron chi connectivity index (χ4n) is 2.26. The Balaban J connectivity index is 1.96. The van der Waals surface area contributed by atoms with Crippen LogP contribution in [0.5, 0.6) is 0 Å². The summed E-state index contributed by atoms with van der Waals surface area (Å²) in [5.41, 5.74) is 7.88. The minimum atomic E-state index is -0.301. The Morgan fingerprint density at radius 3 is 2.20 bits per heavy atom. The number of halogens is 1. The molecule has 1 aliphatic rings. The molecule has 0 unspecified atom stereocenters. The molecular formula is C15H11ClN2O2. The molecule has 0 saturated heterocycles. The molecule has 3 rings (SSSR count). The van der Waals surface area contributed by atoms with Crippen molar-refractivity contribution in [3.05, 3.63) is 64.2 Å². The normalized spacial score (nSPS) is 13.8. The number of nitrogen functional groups attached to an aromatic ring is 1. The highest BCUT2D eigenvalue weighted by Crippen LogP contribution is 2.26. The monoisotopic (exact) mass is 286 g/mol. The Morgan fingerprint density at radius 2 is 1.60 bits per heavy atom. The van der Waals surface area contributed by atoms with Crippen LogP contribution in [0.15, 0.2) is 42.5 Å². The zero-order valence-electron chi connectivity index (χ0n) is 10.5. The maximum absolute atomic E-state index is 12.2. The lowest BCUT2D eigenvalue weighted by Crippen LogP contribution is -2.29. The molecule has 0 spiro atoms. The van der Waals surface area contributed by atoms with Crippen LogP contribution < -0.4 is 5.73 Å². The lowest BCUT2D eigenvalue weighted by molar-refractivity contribution is 0.0642. The number of benzene rings is 2. The second-order valence-electron chi connectivity index (χ2n) is 4.59. The smallest absolute Gasteiger partial charge is 0.261 e. The molecule has 1 aliphatic heterocycles. The number of hydrogen-bond donors (Lipinski definition) is 1. The first-order valence-corrected chi connectivity index (χ1v) is 6.45. The standard InChI is InChI=1S/C15H11ClN2O2/c16-10-5-6-13(17)9(7-10)8-18-14(19)11-3-1-2-4-12(11)15(18)20/h1-7H,8,17H2. The van der Waals surface area contributed by atoms with Gasteiger partial charge in [0.15, 0.2) is 0 Å².